The monoisotopic (exact) mass is 219 g/mol. The van der Waals surface area contributed by atoms with E-state index >= 15 is 0 Å². The summed E-state index contributed by atoms with van der Waals surface area (Å²) in [7, 11) is 0. The van der Waals surface area contributed by atoms with Gasteiger partial charge in [-0.25, -0.2) is 4.98 Å². The van der Waals surface area contributed by atoms with Crippen molar-refractivity contribution in [2.45, 2.75) is 6.92 Å². The molecule has 1 heterocycles. The third-order valence-corrected chi connectivity index (χ3v) is 2.09. The molecule has 0 spiro atoms. The van der Waals surface area contributed by atoms with Crippen LogP contribution in [0.3, 0.4) is 0 Å². The zero-order valence-corrected chi connectivity index (χ0v) is 8.47. The van der Waals surface area contributed by atoms with Crippen LogP contribution < -0.4 is 5.73 Å². The Bertz CT molecular complexity index is 549. The van der Waals surface area contributed by atoms with E-state index in [0.717, 1.165) is 0 Å². The number of H-pyrrole nitrogens is 1. The first kappa shape index (κ1) is 10.1. The molecule has 0 amide bonds. The molecule has 0 radical (unpaired) electrons. The number of aromatic nitrogens is 3. The van der Waals surface area contributed by atoms with Gasteiger partial charge >= 0.3 is 0 Å². The summed E-state index contributed by atoms with van der Waals surface area (Å²) in [5.41, 5.74) is 6.54. The van der Waals surface area contributed by atoms with Gasteiger partial charge in [0.05, 0.1) is 10.5 Å². The second-order valence-corrected chi connectivity index (χ2v) is 3.27. The van der Waals surface area contributed by atoms with E-state index in [1.165, 1.54) is 18.2 Å². The molecule has 0 bridgehead atoms. The highest BCUT2D eigenvalue weighted by Gasteiger charge is 2.13. The molecule has 0 saturated heterocycles. The van der Waals surface area contributed by atoms with E-state index in [1.54, 1.807) is 6.92 Å². The van der Waals surface area contributed by atoms with Crippen LogP contribution >= 0.6 is 0 Å². The minimum Gasteiger partial charge on any atom is -0.398 e. The van der Waals surface area contributed by atoms with Crippen LogP contribution in [-0.4, -0.2) is 20.1 Å². The van der Waals surface area contributed by atoms with Gasteiger partial charge in [0, 0.05) is 17.8 Å². The van der Waals surface area contributed by atoms with E-state index in [2.05, 4.69) is 15.2 Å². The number of rotatable bonds is 2. The Morgan fingerprint density at radius 1 is 1.50 bits per heavy atom. The van der Waals surface area contributed by atoms with E-state index in [9.17, 15) is 10.1 Å². The second kappa shape index (κ2) is 3.61. The number of nitro benzene ring substituents is 1. The van der Waals surface area contributed by atoms with Gasteiger partial charge in [0.2, 0.25) is 0 Å². The van der Waals surface area contributed by atoms with Gasteiger partial charge in [-0.05, 0) is 13.0 Å². The number of benzene rings is 1. The molecule has 2 rings (SSSR count). The highest BCUT2D eigenvalue weighted by atomic mass is 16.6. The molecule has 0 fully saturated rings. The molecule has 0 saturated carbocycles. The lowest BCUT2D eigenvalue weighted by Crippen LogP contribution is -1.94. The molecule has 0 aliphatic rings. The van der Waals surface area contributed by atoms with Gasteiger partial charge in [-0.1, -0.05) is 0 Å². The lowest BCUT2D eigenvalue weighted by molar-refractivity contribution is -0.384. The van der Waals surface area contributed by atoms with Crippen LogP contribution in [0.2, 0.25) is 0 Å². The van der Waals surface area contributed by atoms with Gasteiger partial charge in [0.15, 0.2) is 5.82 Å². The van der Waals surface area contributed by atoms with Crippen LogP contribution in [0.5, 0.6) is 0 Å². The molecule has 82 valence electrons. The summed E-state index contributed by atoms with van der Waals surface area (Å²) in [6.07, 6.45) is 0. The van der Waals surface area contributed by atoms with Crippen molar-refractivity contribution < 1.29 is 4.92 Å². The number of aryl methyl sites for hydroxylation is 1. The molecule has 7 heteroatoms. The van der Waals surface area contributed by atoms with Crippen molar-refractivity contribution >= 4 is 11.4 Å². The lowest BCUT2D eigenvalue weighted by Gasteiger charge is -2.00. The molecule has 7 nitrogen and oxygen atoms in total. The number of anilines is 1. The fourth-order valence-electron chi connectivity index (χ4n) is 1.31. The highest BCUT2D eigenvalue weighted by Crippen LogP contribution is 2.27. The first-order valence-electron chi connectivity index (χ1n) is 4.51. The molecule has 1 aromatic carbocycles. The molecule has 0 aliphatic carbocycles. The zero-order valence-electron chi connectivity index (χ0n) is 8.47. The molecule has 16 heavy (non-hydrogen) atoms. The number of non-ortho nitro benzene ring substituents is 1. The predicted octanol–water partition coefficient (Wildman–Crippen LogP) is 1.27. The third-order valence-electron chi connectivity index (χ3n) is 2.09. The van der Waals surface area contributed by atoms with Crippen LogP contribution in [-0.2, 0) is 0 Å². The second-order valence-electron chi connectivity index (χ2n) is 3.27. The predicted molar refractivity (Wildman–Crippen MR) is 57.6 cm³/mol. The largest absolute Gasteiger partial charge is 0.398 e. The Hall–Kier alpha value is -2.44. The van der Waals surface area contributed by atoms with Crippen LogP contribution in [0, 0.1) is 17.0 Å². The van der Waals surface area contributed by atoms with Crippen LogP contribution in [0.25, 0.3) is 11.4 Å². The average molecular weight is 219 g/mol. The average Bonchev–Trinajstić information content (AvgIpc) is 2.65. The number of nitrogen functional groups attached to an aromatic ring is 1. The van der Waals surface area contributed by atoms with E-state index in [0.29, 0.717) is 22.9 Å². The number of nitrogens with two attached hydrogens (primary N) is 1. The smallest absolute Gasteiger partial charge is 0.270 e. The summed E-state index contributed by atoms with van der Waals surface area (Å²) in [5, 5.41) is 17.2. The number of aromatic amines is 1. The van der Waals surface area contributed by atoms with Gasteiger partial charge < -0.3 is 5.73 Å². The van der Waals surface area contributed by atoms with Crippen LogP contribution in [0.15, 0.2) is 18.2 Å². The number of hydrogen-bond donors (Lipinski definition) is 2. The van der Waals surface area contributed by atoms with E-state index < -0.39 is 4.92 Å². The van der Waals surface area contributed by atoms with E-state index in [-0.39, 0.29) is 5.69 Å². The Morgan fingerprint density at radius 2 is 2.25 bits per heavy atom. The normalized spacial score (nSPS) is 10.3. The van der Waals surface area contributed by atoms with Gasteiger partial charge in [0.1, 0.15) is 5.82 Å². The fraction of sp³-hybridized carbons (Fsp3) is 0.111. The zero-order chi connectivity index (χ0) is 11.7. The quantitative estimate of drug-likeness (QED) is 0.449. The molecule has 3 N–H and O–H groups in total. The first-order valence-corrected chi connectivity index (χ1v) is 4.51. The van der Waals surface area contributed by atoms with Crippen molar-refractivity contribution in [3.63, 3.8) is 0 Å². The number of nitrogens with zero attached hydrogens (tertiary/aromatic N) is 3. The van der Waals surface area contributed by atoms with E-state index in [1.807, 2.05) is 0 Å². The molecule has 0 atom stereocenters. The van der Waals surface area contributed by atoms with Crippen molar-refractivity contribution in [3.05, 3.63) is 34.1 Å². The Kier molecular flexibility index (Phi) is 2.28. The number of nitrogens with one attached hydrogen (secondary N) is 1. The van der Waals surface area contributed by atoms with Crippen molar-refractivity contribution in [2.75, 3.05) is 5.73 Å². The maximum atomic E-state index is 10.6. The fourth-order valence-corrected chi connectivity index (χ4v) is 1.31. The molecule has 2 aromatic rings. The van der Waals surface area contributed by atoms with Gasteiger partial charge in [-0.2, -0.15) is 5.10 Å². The maximum absolute atomic E-state index is 10.6. The van der Waals surface area contributed by atoms with Crippen molar-refractivity contribution in [3.8, 4) is 11.4 Å². The third kappa shape index (κ3) is 1.70. The van der Waals surface area contributed by atoms with Gasteiger partial charge in [-0.3, -0.25) is 15.2 Å². The first-order chi connectivity index (χ1) is 7.58. The summed E-state index contributed by atoms with van der Waals surface area (Å²) < 4.78 is 0. The highest BCUT2D eigenvalue weighted by molar-refractivity contribution is 5.73. The number of hydrogen-bond acceptors (Lipinski definition) is 5. The van der Waals surface area contributed by atoms with Crippen molar-refractivity contribution in [2.24, 2.45) is 0 Å². The van der Waals surface area contributed by atoms with Crippen LogP contribution in [0.4, 0.5) is 11.4 Å². The Labute approximate surface area is 90.5 Å². The molecular formula is C9H9N5O2. The summed E-state index contributed by atoms with van der Waals surface area (Å²) >= 11 is 0. The molecule has 0 aliphatic heterocycles. The molecule has 1 aromatic heterocycles. The van der Waals surface area contributed by atoms with E-state index in [4.69, 9.17) is 5.73 Å². The topological polar surface area (TPSA) is 111 Å². The minimum absolute atomic E-state index is 0.0355. The Balaban J connectivity index is 2.55. The standard InChI is InChI=1S/C9H9N5O2/c1-5-11-9(13-12-5)7-4-6(14(15)16)2-3-8(7)10/h2-4H,10H2,1H3,(H,11,12,13). The van der Waals surface area contributed by atoms with Gasteiger partial charge in [0.25, 0.3) is 5.69 Å². The lowest BCUT2D eigenvalue weighted by atomic mass is 10.1. The van der Waals surface area contributed by atoms with Crippen molar-refractivity contribution in [1.82, 2.24) is 15.2 Å². The minimum atomic E-state index is -0.484. The molecule has 0 unspecified atom stereocenters. The van der Waals surface area contributed by atoms with Gasteiger partial charge in [-0.15, -0.1) is 0 Å². The van der Waals surface area contributed by atoms with Crippen molar-refractivity contribution in [1.29, 1.82) is 0 Å². The SMILES string of the molecule is Cc1nc(-c2cc([N+](=O)[O-])ccc2N)n[nH]1. The number of nitro groups is 1. The summed E-state index contributed by atoms with van der Waals surface area (Å²) in [4.78, 5) is 14.2. The van der Waals surface area contributed by atoms with Crippen LogP contribution in [0.1, 0.15) is 5.82 Å². The summed E-state index contributed by atoms with van der Waals surface area (Å²) in [6, 6.07) is 4.18. The summed E-state index contributed by atoms with van der Waals surface area (Å²) in [5.74, 6) is 0.986. The summed E-state index contributed by atoms with van der Waals surface area (Å²) in [6.45, 7) is 1.74. The maximum Gasteiger partial charge on any atom is 0.270 e. The molecular weight excluding hydrogens is 210 g/mol. The Morgan fingerprint density at radius 3 is 2.81 bits per heavy atom.